The lowest BCUT2D eigenvalue weighted by molar-refractivity contribution is -0.136. The van der Waals surface area contributed by atoms with Crippen LogP contribution in [0.15, 0.2) is 0 Å². The largest absolute Gasteiger partial charge is 0.445 e. The summed E-state index contributed by atoms with van der Waals surface area (Å²) in [7, 11) is -3.50. The number of carbonyl (C=O) groups excluding carboxylic acids is 1. The zero-order valence-electron chi connectivity index (χ0n) is 19.4. The van der Waals surface area contributed by atoms with Crippen molar-refractivity contribution in [2.75, 3.05) is 38.5 Å². The van der Waals surface area contributed by atoms with Crippen LogP contribution < -0.4 is 5.32 Å². The molecule has 3 heterocycles. The summed E-state index contributed by atoms with van der Waals surface area (Å²) in [6, 6.07) is -0.421. The first-order chi connectivity index (χ1) is 16.2. The Morgan fingerprint density at radius 1 is 1.06 bits per heavy atom. The number of hydrogen-bond acceptors (Lipinski definition) is 5. The van der Waals surface area contributed by atoms with Gasteiger partial charge in [0.2, 0.25) is 13.8 Å². The normalized spacial score (nSPS) is 27.5. The van der Waals surface area contributed by atoms with Crippen molar-refractivity contribution >= 4 is 50.9 Å². The van der Waals surface area contributed by atoms with Crippen molar-refractivity contribution < 1.29 is 31.1 Å². The molecular weight excluding hydrogens is 554 g/mol. The molecule has 7 nitrogen and oxygen atoms in total. The smallest absolute Gasteiger partial charge is 0.407 e. The first-order valence-electron chi connectivity index (χ1n) is 12.0. The van der Waals surface area contributed by atoms with Crippen LogP contribution in [0.5, 0.6) is 0 Å². The number of sulfonamides is 1. The zero-order valence-corrected chi connectivity index (χ0v) is 22.5. The molecular formula is C21H33Cl3F3N3O4S. The second-order valence-electron chi connectivity index (χ2n) is 9.95. The maximum Gasteiger partial charge on any atom is 0.407 e. The summed E-state index contributed by atoms with van der Waals surface area (Å²) in [5.74, 6) is 0.180. The molecule has 0 aromatic heterocycles. The number of nitrogens with zero attached hydrogens (tertiary/aromatic N) is 2. The summed E-state index contributed by atoms with van der Waals surface area (Å²) in [5.41, 5.74) is 0. The van der Waals surface area contributed by atoms with Gasteiger partial charge in [0.1, 0.15) is 6.61 Å². The topological polar surface area (TPSA) is 79.0 Å². The molecule has 0 unspecified atom stereocenters. The van der Waals surface area contributed by atoms with E-state index in [4.69, 9.17) is 39.5 Å². The van der Waals surface area contributed by atoms with E-state index in [1.807, 2.05) is 4.90 Å². The monoisotopic (exact) mass is 585 g/mol. The SMILES string of the molecule is O=C(N[C@@H]1C[C@@H]2CC[C@H](C1)N(S(=O)(=O)CC1CCN(CCCC(F)(F)F)CC1)C2)OCC(Cl)(Cl)Cl. The van der Waals surface area contributed by atoms with Crippen molar-refractivity contribution in [3.05, 3.63) is 0 Å². The minimum atomic E-state index is -4.14. The molecule has 3 saturated heterocycles. The van der Waals surface area contributed by atoms with Gasteiger partial charge in [-0.3, -0.25) is 0 Å². The Morgan fingerprint density at radius 2 is 1.74 bits per heavy atom. The van der Waals surface area contributed by atoms with Gasteiger partial charge in [-0.15, -0.1) is 0 Å². The van der Waals surface area contributed by atoms with Crippen molar-refractivity contribution in [2.45, 2.75) is 73.4 Å². The molecule has 0 aromatic carbocycles. The molecule has 4 fully saturated rings. The summed E-state index contributed by atoms with van der Waals surface area (Å²) in [4.78, 5) is 14.1. The molecule has 4 aliphatic rings. The molecule has 0 radical (unpaired) electrons. The van der Waals surface area contributed by atoms with Crippen LogP contribution >= 0.6 is 34.8 Å². The third kappa shape index (κ3) is 9.89. The fourth-order valence-corrected chi connectivity index (χ4v) is 7.78. The van der Waals surface area contributed by atoms with Crippen LogP contribution in [-0.2, 0) is 14.8 Å². The Kier molecular flexibility index (Phi) is 10.2. The van der Waals surface area contributed by atoms with E-state index in [1.165, 1.54) is 0 Å². The van der Waals surface area contributed by atoms with E-state index in [2.05, 4.69) is 5.32 Å². The van der Waals surface area contributed by atoms with E-state index in [9.17, 15) is 26.4 Å². The lowest BCUT2D eigenvalue weighted by Gasteiger charge is -2.37. The number of rotatable bonds is 8. The first kappa shape index (κ1) is 29.4. The quantitative estimate of drug-likeness (QED) is 0.417. The van der Waals surface area contributed by atoms with Gasteiger partial charge in [0, 0.05) is 25.0 Å². The second-order valence-corrected chi connectivity index (χ2v) is 14.4. The van der Waals surface area contributed by atoms with Crippen LogP contribution in [0.1, 0.15) is 51.4 Å². The van der Waals surface area contributed by atoms with Gasteiger partial charge in [-0.05, 0) is 76.4 Å². The van der Waals surface area contributed by atoms with E-state index in [-0.39, 0.29) is 42.7 Å². The number of ether oxygens (including phenoxy) is 1. The van der Waals surface area contributed by atoms with Crippen molar-refractivity contribution in [2.24, 2.45) is 11.8 Å². The third-order valence-electron chi connectivity index (χ3n) is 7.06. The fraction of sp³-hybridized carbons (Fsp3) is 0.952. The van der Waals surface area contributed by atoms with Gasteiger partial charge >= 0.3 is 12.3 Å². The van der Waals surface area contributed by atoms with E-state index < -0.39 is 32.5 Å². The zero-order chi connectivity index (χ0) is 25.9. The third-order valence-corrected chi connectivity index (χ3v) is 9.44. The van der Waals surface area contributed by atoms with Gasteiger partial charge in [-0.1, -0.05) is 34.8 Å². The highest BCUT2D eigenvalue weighted by atomic mass is 35.6. The maximum atomic E-state index is 13.3. The van der Waals surface area contributed by atoms with Gasteiger partial charge < -0.3 is 15.0 Å². The number of piperidine rings is 2. The van der Waals surface area contributed by atoms with Crippen LogP contribution in [0.3, 0.4) is 0 Å². The summed E-state index contributed by atoms with van der Waals surface area (Å²) >= 11 is 16.8. The lowest BCUT2D eigenvalue weighted by Crippen LogP contribution is -2.48. The van der Waals surface area contributed by atoms with Gasteiger partial charge in [0.05, 0.1) is 5.75 Å². The number of hydrogen-bond donors (Lipinski definition) is 1. The number of halogens is 6. The Hall–Kier alpha value is -0.200. The van der Waals surface area contributed by atoms with E-state index in [1.54, 1.807) is 4.31 Å². The van der Waals surface area contributed by atoms with Gasteiger partial charge in [-0.25, -0.2) is 13.2 Å². The molecule has 3 atom stereocenters. The molecule has 1 amide bonds. The number of nitrogens with one attached hydrogen (secondary N) is 1. The van der Waals surface area contributed by atoms with Gasteiger partial charge in [0.15, 0.2) is 0 Å². The van der Waals surface area contributed by atoms with Crippen molar-refractivity contribution in [3.63, 3.8) is 0 Å². The summed E-state index contributed by atoms with van der Waals surface area (Å²) < 4.78 is 68.6. The van der Waals surface area contributed by atoms with Gasteiger partial charge in [0.25, 0.3) is 0 Å². The molecule has 3 aliphatic heterocycles. The Labute approximate surface area is 220 Å². The summed E-state index contributed by atoms with van der Waals surface area (Å²) in [6.45, 7) is 1.67. The number of carbonyl (C=O) groups is 1. The molecule has 35 heavy (non-hydrogen) atoms. The maximum absolute atomic E-state index is 13.3. The Balaban J connectivity index is 1.48. The Bertz CT molecular complexity index is 821. The first-order valence-corrected chi connectivity index (χ1v) is 14.7. The van der Waals surface area contributed by atoms with Crippen LogP contribution in [0.2, 0.25) is 0 Å². The predicted molar refractivity (Wildman–Crippen MR) is 129 cm³/mol. The highest BCUT2D eigenvalue weighted by Gasteiger charge is 2.42. The molecule has 4 rings (SSSR count). The highest BCUT2D eigenvalue weighted by molar-refractivity contribution is 7.89. The standard InChI is InChI=1S/C21H33Cl3F3N3O4S/c22-20(23,24)14-34-19(31)28-17-10-16-2-3-18(11-17)30(12-16)35(32,33)13-15-4-8-29(9-5-15)7-1-6-21(25,26)27/h15-18H,1-14H2,(H,28,31)/t16-,17+,18+/m0/s1. The molecule has 1 aliphatic carbocycles. The minimum Gasteiger partial charge on any atom is -0.445 e. The summed E-state index contributed by atoms with van der Waals surface area (Å²) in [5, 5.41) is 2.78. The number of alkyl halides is 6. The number of alkyl carbamates (subject to hydrolysis) is 1. The van der Waals surface area contributed by atoms with Crippen LogP contribution in [0, 0.1) is 11.8 Å². The fourth-order valence-electron chi connectivity index (χ4n) is 5.41. The molecule has 14 heteroatoms. The average Bonchev–Trinajstić information content (AvgIpc) is 3.03. The van der Waals surface area contributed by atoms with E-state index >= 15 is 0 Å². The van der Waals surface area contributed by atoms with Crippen LogP contribution in [-0.4, -0.2) is 84.3 Å². The molecule has 2 bridgehead atoms. The predicted octanol–water partition coefficient (Wildman–Crippen LogP) is 4.71. The molecule has 0 spiro atoms. The number of fused-ring (bicyclic) bond motifs is 4. The molecule has 204 valence electrons. The number of amides is 1. The second kappa shape index (κ2) is 12.1. The lowest BCUT2D eigenvalue weighted by atomic mass is 9.96. The summed E-state index contributed by atoms with van der Waals surface area (Å²) in [6.07, 6.45) is -1.46. The van der Waals surface area contributed by atoms with Crippen LogP contribution in [0.4, 0.5) is 18.0 Å². The Morgan fingerprint density at radius 3 is 2.37 bits per heavy atom. The average molecular weight is 587 g/mol. The molecule has 1 saturated carbocycles. The number of likely N-dealkylation sites (tertiary alicyclic amines) is 1. The highest BCUT2D eigenvalue weighted by Crippen LogP contribution is 2.36. The molecule has 0 aromatic rings. The van der Waals surface area contributed by atoms with Crippen molar-refractivity contribution in [3.8, 4) is 0 Å². The van der Waals surface area contributed by atoms with E-state index in [0.29, 0.717) is 51.9 Å². The van der Waals surface area contributed by atoms with Crippen molar-refractivity contribution in [1.82, 2.24) is 14.5 Å². The van der Waals surface area contributed by atoms with E-state index in [0.717, 1.165) is 12.8 Å². The molecule has 1 N–H and O–H groups in total. The van der Waals surface area contributed by atoms with Crippen molar-refractivity contribution in [1.29, 1.82) is 0 Å². The van der Waals surface area contributed by atoms with Gasteiger partial charge in [-0.2, -0.15) is 17.5 Å². The minimum absolute atomic E-state index is 0.00790. The van der Waals surface area contributed by atoms with Crippen LogP contribution in [0.25, 0.3) is 0 Å².